The van der Waals surface area contributed by atoms with Gasteiger partial charge in [0.05, 0.1) is 27.6 Å². The number of nitrogens with zero attached hydrogens (tertiary/aromatic N) is 5. The van der Waals surface area contributed by atoms with Gasteiger partial charge in [-0.05, 0) is 70.0 Å². The number of aryl methyl sites for hydroxylation is 2. The van der Waals surface area contributed by atoms with Crippen LogP contribution in [0.15, 0.2) is 48.8 Å². The fraction of sp³-hybridized carbons (Fsp3) is 0.276. The Labute approximate surface area is 235 Å². The molecule has 0 spiro atoms. The minimum atomic E-state index is -1.18. The Hall–Kier alpha value is -3.66. The highest BCUT2D eigenvalue weighted by Gasteiger charge is 2.32. The molecule has 10 heteroatoms. The van der Waals surface area contributed by atoms with E-state index in [1.165, 1.54) is 11.3 Å². The molecule has 5 aromatic rings. The third-order valence-electron chi connectivity index (χ3n) is 6.37. The van der Waals surface area contributed by atoms with Crippen LogP contribution in [-0.2, 0) is 16.6 Å². The monoisotopic (exact) mass is 561 g/mol. The molecule has 1 unspecified atom stereocenters. The summed E-state index contributed by atoms with van der Waals surface area (Å²) in [5.41, 5.74) is 5.51. The number of benzene rings is 2. The number of hydrogen-bond acceptors (Lipinski definition) is 7. The quantitative estimate of drug-likeness (QED) is 0.237. The lowest BCUT2D eigenvalue weighted by atomic mass is 9.91. The maximum Gasteiger partial charge on any atom is 0.337 e. The Bertz CT molecular complexity index is 1700. The molecule has 0 aliphatic rings. The van der Waals surface area contributed by atoms with E-state index in [0.717, 1.165) is 38.2 Å². The average molecular weight is 562 g/mol. The number of carboxylic acids is 1. The lowest BCUT2D eigenvalue weighted by molar-refractivity contribution is -0.160. The summed E-state index contributed by atoms with van der Waals surface area (Å²) in [6.07, 6.45) is 2.29. The highest BCUT2D eigenvalue weighted by atomic mass is 35.5. The number of rotatable bonds is 6. The van der Waals surface area contributed by atoms with Gasteiger partial charge in [0.1, 0.15) is 10.7 Å². The summed E-state index contributed by atoms with van der Waals surface area (Å²) < 4.78 is 8.72. The SMILES string of the molecule is Cc1cc2nc(-c3ccnc(-c4cnn(C)c4C)n3)sc2c(-c2ccc(Cl)cc2)c1C(OC(C)(C)C)C(=O)O. The second kappa shape index (κ2) is 10.1. The van der Waals surface area contributed by atoms with E-state index < -0.39 is 17.7 Å². The van der Waals surface area contributed by atoms with Crippen molar-refractivity contribution in [2.45, 2.75) is 46.3 Å². The predicted octanol–water partition coefficient (Wildman–Crippen LogP) is 7.03. The summed E-state index contributed by atoms with van der Waals surface area (Å²) in [7, 11) is 1.88. The third kappa shape index (κ3) is 5.30. The fourth-order valence-corrected chi connectivity index (χ4v) is 5.69. The van der Waals surface area contributed by atoms with E-state index in [1.807, 2.05) is 65.9 Å². The molecule has 3 heterocycles. The number of fused-ring (bicyclic) bond motifs is 1. The lowest BCUT2D eigenvalue weighted by Gasteiger charge is -2.28. The topological polar surface area (TPSA) is 103 Å². The lowest BCUT2D eigenvalue weighted by Crippen LogP contribution is -2.28. The summed E-state index contributed by atoms with van der Waals surface area (Å²) in [5, 5.41) is 15.9. The van der Waals surface area contributed by atoms with Crippen molar-refractivity contribution in [1.29, 1.82) is 0 Å². The van der Waals surface area contributed by atoms with Crippen LogP contribution in [0.5, 0.6) is 0 Å². The first-order valence-corrected chi connectivity index (χ1v) is 13.6. The number of thiazole rings is 1. The molecular weight excluding hydrogens is 534 g/mol. The molecule has 0 radical (unpaired) electrons. The van der Waals surface area contributed by atoms with Crippen LogP contribution < -0.4 is 0 Å². The van der Waals surface area contributed by atoms with Crippen LogP contribution in [-0.4, -0.2) is 41.4 Å². The van der Waals surface area contributed by atoms with Gasteiger partial charge in [0.2, 0.25) is 0 Å². The smallest absolute Gasteiger partial charge is 0.337 e. The molecule has 0 saturated carbocycles. The van der Waals surface area contributed by atoms with Crippen LogP contribution in [0.4, 0.5) is 0 Å². The largest absolute Gasteiger partial charge is 0.479 e. The van der Waals surface area contributed by atoms with E-state index in [1.54, 1.807) is 29.2 Å². The summed E-state index contributed by atoms with van der Waals surface area (Å²) in [6, 6.07) is 11.1. The molecule has 0 aliphatic carbocycles. The summed E-state index contributed by atoms with van der Waals surface area (Å²) in [5.74, 6) is -0.490. The Balaban J connectivity index is 1.74. The summed E-state index contributed by atoms with van der Waals surface area (Å²) in [6.45, 7) is 9.40. The first kappa shape index (κ1) is 26.9. The molecular formula is C29H28ClN5O3S. The van der Waals surface area contributed by atoms with Crippen molar-refractivity contribution in [1.82, 2.24) is 24.7 Å². The zero-order valence-electron chi connectivity index (χ0n) is 22.5. The van der Waals surface area contributed by atoms with Crippen LogP contribution in [0, 0.1) is 13.8 Å². The van der Waals surface area contributed by atoms with Crippen molar-refractivity contribution in [3.8, 4) is 33.2 Å². The molecule has 2 aromatic carbocycles. The molecule has 0 aliphatic heterocycles. The van der Waals surface area contributed by atoms with E-state index in [9.17, 15) is 9.90 Å². The van der Waals surface area contributed by atoms with Crippen LogP contribution in [0.25, 0.3) is 43.4 Å². The number of ether oxygens (including phenoxy) is 1. The highest BCUT2D eigenvalue weighted by molar-refractivity contribution is 7.22. The average Bonchev–Trinajstić information content (AvgIpc) is 3.45. The minimum Gasteiger partial charge on any atom is -0.479 e. The maximum atomic E-state index is 12.5. The predicted molar refractivity (Wildman–Crippen MR) is 154 cm³/mol. The van der Waals surface area contributed by atoms with E-state index in [0.29, 0.717) is 27.1 Å². The van der Waals surface area contributed by atoms with Gasteiger partial charge in [0, 0.05) is 35.1 Å². The standard InChI is InChI=1S/C29H28ClN5O3S/c1-15-13-21-25(39-27(34-21)20-11-12-31-26(33-20)19-14-32-35(6)16(19)2)23(17-7-9-18(30)10-8-17)22(15)24(28(36)37)38-29(3,4)5/h7-14,24H,1-6H3,(H,36,37). The van der Waals surface area contributed by atoms with Gasteiger partial charge in [-0.2, -0.15) is 5.10 Å². The number of aromatic nitrogens is 5. The molecule has 8 nitrogen and oxygen atoms in total. The third-order valence-corrected chi connectivity index (χ3v) is 7.73. The number of carbonyl (C=O) groups is 1. The maximum absolute atomic E-state index is 12.5. The van der Waals surface area contributed by atoms with Crippen LogP contribution in [0.2, 0.25) is 5.02 Å². The Morgan fingerprint density at radius 3 is 2.46 bits per heavy atom. The number of hydrogen-bond donors (Lipinski definition) is 1. The van der Waals surface area contributed by atoms with Crippen molar-refractivity contribution < 1.29 is 14.6 Å². The van der Waals surface area contributed by atoms with Gasteiger partial charge in [-0.3, -0.25) is 4.68 Å². The molecule has 1 N–H and O–H groups in total. The van der Waals surface area contributed by atoms with E-state index in [4.69, 9.17) is 26.3 Å². The van der Waals surface area contributed by atoms with Crippen LogP contribution in [0.1, 0.15) is 43.7 Å². The van der Waals surface area contributed by atoms with Crippen molar-refractivity contribution >= 4 is 39.1 Å². The second-order valence-corrected chi connectivity index (χ2v) is 11.8. The van der Waals surface area contributed by atoms with Gasteiger partial charge < -0.3 is 9.84 Å². The Morgan fingerprint density at radius 1 is 1.13 bits per heavy atom. The fourth-order valence-electron chi connectivity index (χ4n) is 4.47. The molecule has 3 aromatic heterocycles. The molecule has 1 atom stereocenters. The Kier molecular flexibility index (Phi) is 7.00. The number of aliphatic carboxylic acids is 1. The molecule has 200 valence electrons. The number of carboxylic acid groups (broad SMARTS) is 1. The minimum absolute atomic E-state index is 0.566. The molecule has 0 fully saturated rings. The second-order valence-electron chi connectivity index (χ2n) is 10.3. The molecule has 5 rings (SSSR count). The first-order chi connectivity index (χ1) is 18.4. The van der Waals surface area contributed by atoms with Crippen molar-refractivity contribution in [3.63, 3.8) is 0 Å². The summed E-state index contributed by atoms with van der Waals surface area (Å²) >= 11 is 7.66. The van der Waals surface area contributed by atoms with Crippen molar-refractivity contribution in [2.24, 2.45) is 7.05 Å². The zero-order valence-corrected chi connectivity index (χ0v) is 24.1. The van der Waals surface area contributed by atoms with E-state index in [2.05, 4.69) is 10.1 Å². The van der Waals surface area contributed by atoms with Gasteiger partial charge in [0.25, 0.3) is 0 Å². The van der Waals surface area contributed by atoms with Gasteiger partial charge in [-0.25, -0.2) is 19.7 Å². The van der Waals surface area contributed by atoms with Crippen molar-refractivity contribution in [3.05, 3.63) is 70.6 Å². The van der Waals surface area contributed by atoms with Crippen LogP contribution >= 0.6 is 22.9 Å². The molecule has 0 bridgehead atoms. The van der Waals surface area contributed by atoms with Crippen molar-refractivity contribution in [2.75, 3.05) is 0 Å². The Morgan fingerprint density at radius 2 is 1.85 bits per heavy atom. The van der Waals surface area contributed by atoms with Crippen LogP contribution in [0.3, 0.4) is 0 Å². The first-order valence-electron chi connectivity index (χ1n) is 12.4. The molecule has 39 heavy (non-hydrogen) atoms. The zero-order chi connectivity index (χ0) is 28.1. The molecule has 0 saturated heterocycles. The van der Waals surface area contributed by atoms with E-state index in [-0.39, 0.29) is 0 Å². The highest BCUT2D eigenvalue weighted by Crippen LogP contribution is 2.44. The number of halogens is 1. The van der Waals surface area contributed by atoms with Gasteiger partial charge in [0.15, 0.2) is 11.9 Å². The van der Waals surface area contributed by atoms with Gasteiger partial charge in [-0.15, -0.1) is 11.3 Å². The molecule has 0 amide bonds. The van der Waals surface area contributed by atoms with Gasteiger partial charge in [-0.1, -0.05) is 23.7 Å². The summed E-state index contributed by atoms with van der Waals surface area (Å²) in [4.78, 5) is 26.7. The van der Waals surface area contributed by atoms with Gasteiger partial charge >= 0.3 is 5.97 Å². The normalized spacial score (nSPS) is 12.7. The van der Waals surface area contributed by atoms with E-state index >= 15 is 0 Å².